The molecule has 0 radical (unpaired) electrons. The molecule has 0 amide bonds. The molecular weight excluding hydrogens is 430 g/mol. The highest BCUT2D eigenvalue weighted by atomic mass is 35.5. The van der Waals surface area contributed by atoms with Crippen molar-refractivity contribution < 1.29 is 13.7 Å². The molecule has 0 aromatic heterocycles. The van der Waals surface area contributed by atoms with Gasteiger partial charge < -0.3 is 4.74 Å². The normalized spacial score (nSPS) is 21.8. The molecule has 1 aromatic rings. The Bertz CT molecular complexity index is 767. The van der Waals surface area contributed by atoms with Crippen molar-refractivity contribution in [1.82, 2.24) is 4.72 Å². The Morgan fingerprint density at radius 1 is 1.13 bits per heavy atom. The zero-order valence-electron chi connectivity index (χ0n) is 20.1. The fraction of sp³-hybridized carbons (Fsp3) is 0.720. The first-order valence-corrected chi connectivity index (χ1v) is 13.1. The third-order valence-electron chi connectivity index (χ3n) is 5.67. The standard InChI is InChI=1S/C25H40ClNO3S/c1-24(2,3)30-23(28)17-15-18-10-7-8-11-19-20(12-9-13-21(19)26)22(16-14-18)27-31(29)25(4,5)6/h9,12-13,18,22,27H,7-8,10-11,14-17H2,1-6H3/t18?,22-,31-/m1/s1. The van der Waals surface area contributed by atoms with E-state index >= 15 is 0 Å². The predicted molar refractivity (Wildman–Crippen MR) is 131 cm³/mol. The van der Waals surface area contributed by atoms with Crippen LogP contribution in [0, 0.1) is 5.92 Å². The lowest BCUT2D eigenvalue weighted by molar-refractivity contribution is -0.155. The van der Waals surface area contributed by atoms with E-state index in [9.17, 15) is 9.00 Å². The number of fused-ring (bicyclic) bond motifs is 1. The van der Waals surface area contributed by atoms with Crippen molar-refractivity contribution in [2.45, 2.75) is 109 Å². The van der Waals surface area contributed by atoms with Gasteiger partial charge >= 0.3 is 5.97 Å². The fourth-order valence-corrected chi connectivity index (χ4v) is 5.17. The van der Waals surface area contributed by atoms with Crippen LogP contribution < -0.4 is 4.72 Å². The molecule has 0 bridgehead atoms. The number of rotatable bonds is 5. The van der Waals surface area contributed by atoms with E-state index in [0.717, 1.165) is 55.5 Å². The zero-order chi connectivity index (χ0) is 23.2. The van der Waals surface area contributed by atoms with Gasteiger partial charge in [0.25, 0.3) is 0 Å². The number of esters is 1. The summed E-state index contributed by atoms with van der Waals surface area (Å²) in [6.07, 6.45) is 7.35. The molecule has 0 fully saturated rings. The van der Waals surface area contributed by atoms with E-state index in [-0.39, 0.29) is 16.8 Å². The van der Waals surface area contributed by atoms with Gasteiger partial charge in [-0.2, -0.15) is 0 Å². The van der Waals surface area contributed by atoms with E-state index < -0.39 is 16.6 Å². The van der Waals surface area contributed by atoms with E-state index in [4.69, 9.17) is 16.3 Å². The van der Waals surface area contributed by atoms with Crippen LogP contribution >= 0.6 is 11.6 Å². The first kappa shape index (κ1) is 26.3. The van der Waals surface area contributed by atoms with Crippen molar-refractivity contribution in [3.05, 3.63) is 34.3 Å². The number of carbonyl (C=O) groups excluding carboxylic acids is 1. The molecule has 1 aliphatic carbocycles. The summed E-state index contributed by atoms with van der Waals surface area (Å²) in [6, 6.07) is 6.04. The van der Waals surface area contributed by atoms with Crippen molar-refractivity contribution in [3.63, 3.8) is 0 Å². The maximum atomic E-state index is 12.9. The highest BCUT2D eigenvalue weighted by Gasteiger charge is 2.27. The number of hydrogen-bond donors (Lipinski definition) is 1. The molecule has 0 aliphatic heterocycles. The summed E-state index contributed by atoms with van der Waals surface area (Å²) >= 11 is 6.56. The molecule has 176 valence electrons. The Hall–Kier alpha value is -0.910. The Labute approximate surface area is 196 Å². The van der Waals surface area contributed by atoms with Crippen molar-refractivity contribution in [2.75, 3.05) is 0 Å². The van der Waals surface area contributed by atoms with Gasteiger partial charge in [0.05, 0.1) is 15.7 Å². The van der Waals surface area contributed by atoms with E-state index in [1.54, 1.807) is 0 Å². The largest absolute Gasteiger partial charge is 0.460 e. The average Bonchev–Trinajstić information content (AvgIpc) is 2.64. The van der Waals surface area contributed by atoms with Crippen LogP contribution in [0.25, 0.3) is 0 Å². The molecule has 2 rings (SSSR count). The molecule has 1 unspecified atom stereocenters. The highest BCUT2D eigenvalue weighted by molar-refractivity contribution is 7.84. The first-order valence-electron chi connectivity index (χ1n) is 11.5. The van der Waals surface area contributed by atoms with Gasteiger partial charge in [-0.05, 0) is 96.8 Å². The second kappa shape index (κ2) is 11.3. The smallest absolute Gasteiger partial charge is 0.306 e. The van der Waals surface area contributed by atoms with E-state index in [1.165, 1.54) is 5.56 Å². The maximum absolute atomic E-state index is 12.9. The second-order valence-electron chi connectivity index (χ2n) is 10.7. The van der Waals surface area contributed by atoms with Gasteiger partial charge in [-0.3, -0.25) is 4.79 Å². The first-order chi connectivity index (χ1) is 14.4. The molecule has 6 heteroatoms. The molecule has 1 aliphatic rings. The Morgan fingerprint density at radius 2 is 1.84 bits per heavy atom. The van der Waals surface area contributed by atoms with Gasteiger partial charge in [0.2, 0.25) is 0 Å². The number of hydrogen-bond acceptors (Lipinski definition) is 3. The lowest BCUT2D eigenvalue weighted by Crippen LogP contribution is -2.36. The van der Waals surface area contributed by atoms with Gasteiger partial charge in [0.1, 0.15) is 5.60 Å². The molecule has 0 saturated heterocycles. The summed E-state index contributed by atoms with van der Waals surface area (Å²) in [5.74, 6) is 0.339. The van der Waals surface area contributed by atoms with Gasteiger partial charge in [-0.1, -0.05) is 36.6 Å². The average molecular weight is 470 g/mol. The van der Waals surface area contributed by atoms with Crippen LogP contribution in [-0.2, 0) is 26.9 Å². The minimum atomic E-state index is -1.17. The quantitative estimate of drug-likeness (QED) is 0.489. The van der Waals surface area contributed by atoms with Crippen LogP contribution in [-0.4, -0.2) is 20.5 Å². The minimum Gasteiger partial charge on any atom is -0.460 e. The third kappa shape index (κ3) is 8.86. The zero-order valence-corrected chi connectivity index (χ0v) is 21.6. The monoisotopic (exact) mass is 469 g/mol. The van der Waals surface area contributed by atoms with Crippen molar-refractivity contribution >= 4 is 28.6 Å². The lowest BCUT2D eigenvalue weighted by atomic mass is 9.85. The molecule has 31 heavy (non-hydrogen) atoms. The molecule has 0 heterocycles. The molecule has 0 saturated carbocycles. The molecule has 3 atom stereocenters. The molecular formula is C25H40ClNO3S. The van der Waals surface area contributed by atoms with Crippen molar-refractivity contribution in [2.24, 2.45) is 5.92 Å². The molecule has 0 spiro atoms. The summed E-state index contributed by atoms with van der Waals surface area (Å²) in [4.78, 5) is 12.2. The van der Waals surface area contributed by atoms with Crippen LogP contribution in [0.1, 0.15) is 104 Å². The van der Waals surface area contributed by atoms with Crippen molar-refractivity contribution in [3.8, 4) is 0 Å². The fourth-order valence-electron chi connectivity index (χ4n) is 4.03. The van der Waals surface area contributed by atoms with E-state index in [0.29, 0.717) is 12.3 Å². The predicted octanol–water partition coefficient (Wildman–Crippen LogP) is 6.68. The number of nitrogens with one attached hydrogen (secondary N) is 1. The topological polar surface area (TPSA) is 55.4 Å². The van der Waals surface area contributed by atoms with Gasteiger partial charge in [0.15, 0.2) is 0 Å². The van der Waals surface area contributed by atoms with E-state index in [2.05, 4.69) is 10.8 Å². The molecule has 4 nitrogen and oxygen atoms in total. The number of ether oxygens (including phenoxy) is 1. The second-order valence-corrected chi connectivity index (χ2v) is 13.1. The SMILES string of the molecule is CC(C)(C)OC(=O)CCC1CCCCc2c(Cl)cccc2[C@H](N[S@](=O)C(C)(C)C)CC1. The third-order valence-corrected chi connectivity index (χ3v) is 7.63. The Morgan fingerprint density at radius 3 is 2.48 bits per heavy atom. The van der Waals surface area contributed by atoms with E-state index in [1.807, 2.05) is 53.7 Å². The summed E-state index contributed by atoms with van der Waals surface area (Å²) in [7, 11) is -1.17. The van der Waals surface area contributed by atoms with Crippen molar-refractivity contribution in [1.29, 1.82) is 0 Å². The summed E-state index contributed by atoms with van der Waals surface area (Å²) in [6.45, 7) is 11.7. The van der Waals surface area contributed by atoms with Gasteiger partial charge in [-0.25, -0.2) is 8.93 Å². The van der Waals surface area contributed by atoms with Crippen LogP contribution in [0.3, 0.4) is 0 Å². The van der Waals surface area contributed by atoms with Gasteiger partial charge in [0, 0.05) is 17.5 Å². The Kier molecular flexibility index (Phi) is 9.59. The van der Waals surface area contributed by atoms with Crippen LogP contribution in [0.2, 0.25) is 5.02 Å². The summed E-state index contributed by atoms with van der Waals surface area (Å²) in [5, 5.41) is 0.799. The maximum Gasteiger partial charge on any atom is 0.306 e. The summed E-state index contributed by atoms with van der Waals surface area (Å²) in [5.41, 5.74) is 1.90. The summed E-state index contributed by atoms with van der Waals surface area (Å²) < 4.78 is 21.5. The number of benzene rings is 1. The van der Waals surface area contributed by atoms with Gasteiger partial charge in [-0.15, -0.1) is 0 Å². The number of carbonyl (C=O) groups is 1. The van der Waals surface area contributed by atoms with Crippen LogP contribution in [0.4, 0.5) is 0 Å². The highest BCUT2D eigenvalue weighted by Crippen LogP contribution is 2.34. The Balaban J connectivity index is 2.16. The molecule has 1 N–H and O–H groups in total. The van der Waals surface area contributed by atoms with Crippen LogP contribution in [0.15, 0.2) is 18.2 Å². The van der Waals surface area contributed by atoms with Crippen LogP contribution in [0.5, 0.6) is 0 Å². The lowest BCUT2D eigenvalue weighted by Gasteiger charge is -2.29. The molecule has 1 aromatic carbocycles. The number of halogens is 1. The minimum absolute atomic E-state index is 0.0177.